The van der Waals surface area contributed by atoms with Crippen LogP contribution in [0.25, 0.3) is 0 Å². The van der Waals surface area contributed by atoms with Crippen molar-refractivity contribution in [1.29, 1.82) is 0 Å². The Kier molecular flexibility index (Phi) is 7.85. The van der Waals surface area contributed by atoms with Gasteiger partial charge in [0.15, 0.2) is 17.5 Å². The summed E-state index contributed by atoms with van der Waals surface area (Å²) in [6.07, 6.45) is 8.77. The Morgan fingerprint density at radius 1 is 1.03 bits per heavy atom. The Hall–Kier alpha value is -3.48. The summed E-state index contributed by atoms with van der Waals surface area (Å²) in [6, 6.07) is 16.4. The predicted molar refractivity (Wildman–Crippen MR) is 131 cm³/mol. The van der Waals surface area contributed by atoms with E-state index in [9.17, 15) is 0 Å². The maximum Gasteiger partial charge on any atom is 0.191 e. The fourth-order valence-electron chi connectivity index (χ4n) is 4.15. The van der Waals surface area contributed by atoms with Crippen molar-refractivity contribution in [1.82, 2.24) is 20.4 Å². The molecule has 1 saturated carbocycles. The third-order valence-electron chi connectivity index (χ3n) is 5.96. The number of ether oxygens (including phenoxy) is 2. The van der Waals surface area contributed by atoms with Crippen molar-refractivity contribution in [2.45, 2.75) is 51.4 Å². The van der Waals surface area contributed by atoms with Crippen molar-refractivity contribution in [3.63, 3.8) is 0 Å². The molecule has 1 aromatic heterocycles. The maximum atomic E-state index is 6.23. The average molecular weight is 448 g/mol. The van der Waals surface area contributed by atoms with Gasteiger partial charge in [0.1, 0.15) is 0 Å². The minimum Gasteiger partial charge on any atom is -0.493 e. The summed E-state index contributed by atoms with van der Waals surface area (Å²) in [5.74, 6) is 2.35. The van der Waals surface area contributed by atoms with Crippen LogP contribution in [-0.2, 0) is 19.6 Å². The smallest absolute Gasteiger partial charge is 0.191 e. The summed E-state index contributed by atoms with van der Waals surface area (Å²) in [5.41, 5.74) is 3.56. The quantitative estimate of drug-likeness (QED) is 0.381. The highest BCUT2D eigenvalue weighted by molar-refractivity contribution is 5.79. The lowest BCUT2D eigenvalue weighted by molar-refractivity contribution is 0.200. The molecule has 0 bridgehead atoms. The lowest BCUT2D eigenvalue weighted by atomic mass is 10.1. The number of aliphatic imine (C=N–C) groups is 1. The number of methoxy groups -OCH3 is 1. The molecule has 4 rings (SSSR count). The molecule has 33 heavy (non-hydrogen) atoms. The molecule has 3 aromatic rings. The standard InChI is InChI=1S/C26H33N5O2/c1-27-26(29-18-21-8-3-4-9-22(21)19-31-15-7-14-30-31)28-17-20-12-13-24(32-2)25(16-20)33-23-10-5-6-11-23/h3-4,7-9,12-16,23H,5-6,10-11,17-19H2,1-2H3,(H2,27,28,29). The third kappa shape index (κ3) is 6.28. The second kappa shape index (κ2) is 11.4. The Morgan fingerprint density at radius 2 is 1.82 bits per heavy atom. The molecule has 0 unspecified atom stereocenters. The summed E-state index contributed by atoms with van der Waals surface area (Å²) >= 11 is 0. The summed E-state index contributed by atoms with van der Waals surface area (Å²) in [5, 5.41) is 11.1. The number of nitrogens with one attached hydrogen (secondary N) is 2. The van der Waals surface area contributed by atoms with Crippen LogP contribution in [0, 0.1) is 0 Å². The van der Waals surface area contributed by atoms with Gasteiger partial charge >= 0.3 is 0 Å². The monoisotopic (exact) mass is 447 g/mol. The first-order valence-electron chi connectivity index (χ1n) is 11.6. The van der Waals surface area contributed by atoms with Crippen molar-refractivity contribution in [3.8, 4) is 11.5 Å². The van der Waals surface area contributed by atoms with Crippen LogP contribution in [0.2, 0.25) is 0 Å². The zero-order valence-electron chi connectivity index (χ0n) is 19.5. The molecule has 1 fully saturated rings. The molecule has 2 aromatic carbocycles. The van der Waals surface area contributed by atoms with Crippen LogP contribution in [-0.4, -0.2) is 36.0 Å². The van der Waals surface area contributed by atoms with Gasteiger partial charge < -0.3 is 20.1 Å². The molecule has 0 radical (unpaired) electrons. The van der Waals surface area contributed by atoms with E-state index in [0.717, 1.165) is 42.4 Å². The molecular formula is C26H33N5O2. The van der Waals surface area contributed by atoms with Crippen molar-refractivity contribution in [2.75, 3.05) is 14.2 Å². The number of guanidine groups is 1. The molecule has 1 aliphatic carbocycles. The van der Waals surface area contributed by atoms with E-state index >= 15 is 0 Å². The van der Waals surface area contributed by atoms with Gasteiger partial charge in [0.2, 0.25) is 0 Å². The lowest BCUT2D eigenvalue weighted by Crippen LogP contribution is -2.36. The van der Waals surface area contributed by atoms with Crippen molar-refractivity contribution in [2.24, 2.45) is 4.99 Å². The van der Waals surface area contributed by atoms with Gasteiger partial charge in [-0.2, -0.15) is 5.10 Å². The van der Waals surface area contributed by atoms with Crippen LogP contribution in [0.1, 0.15) is 42.4 Å². The number of hydrogen-bond donors (Lipinski definition) is 2. The van der Waals surface area contributed by atoms with E-state index in [4.69, 9.17) is 9.47 Å². The summed E-state index contributed by atoms with van der Waals surface area (Å²) in [7, 11) is 3.47. The molecule has 0 saturated heterocycles. The van der Waals surface area contributed by atoms with Crippen LogP contribution in [0.3, 0.4) is 0 Å². The van der Waals surface area contributed by atoms with E-state index in [1.165, 1.54) is 24.0 Å². The van der Waals surface area contributed by atoms with Crippen LogP contribution >= 0.6 is 0 Å². The van der Waals surface area contributed by atoms with Gasteiger partial charge in [-0.15, -0.1) is 0 Å². The molecule has 0 atom stereocenters. The molecule has 0 aliphatic heterocycles. The van der Waals surface area contributed by atoms with Crippen molar-refractivity contribution in [3.05, 3.63) is 77.6 Å². The molecule has 7 nitrogen and oxygen atoms in total. The molecular weight excluding hydrogens is 414 g/mol. The zero-order valence-corrected chi connectivity index (χ0v) is 19.5. The summed E-state index contributed by atoms with van der Waals surface area (Å²) < 4.78 is 13.7. The van der Waals surface area contributed by atoms with E-state index in [-0.39, 0.29) is 0 Å². The van der Waals surface area contributed by atoms with Gasteiger partial charge in [-0.1, -0.05) is 30.3 Å². The Morgan fingerprint density at radius 3 is 2.55 bits per heavy atom. The fourth-order valence-corrected chi connectivity index (χ4v) is 4.15. The van der Waals surface area contributed by atoms with Gasteiger partial charge in [0.25, 0.3) is 0 Å². The first-order chi connectivity index (χ1) is 16.2. The molecule has 1 aliphatic rings. The predicted octanol–water partition coefficient (Wildman–Crippen LogP) is 4.13. The van der Waals surface area contributed by atoms with Crippen LogP contribution in [0.5, 0.6) is 11.5 Å². The molecule has 2 N–H and O–H groups in total. The van der Waals surface area contributed by atoms with E-state index < -0.39 is 0 Å². The number of hydrogen-bond acceptors (Lipinski definition) is 4. The normalized spacial score (nSPS) is 14.3. The summed E-state index contributed by atoms with van der Waals surface area (Å²) in [4.78, 5) is 4.38. The highest BCUT2D eigenvalue weighted by Gasteiger charge is 2.18. The number of rotatable bonds is 9. The van der Waals surface area contributed by atoms with E-state index in [1.54, 1.807) is 20.4 Å². The van der Waals surface area contributed by atoms with Gasteiger partial charge in [-0.05, 0) is 60.6 Å². The minimum absolute atomic E-state index is 0.290. The minimum atomic E-state index is 0.290. The van der Waals surface area contributed by atoms with Gasteiger partial charge in [-0.25, -0.2) is 0 Å². The molecule has 174 valence electrons. The number of benzene rings is 2. The maximum absolute atomic E-state index is 6.23. The van der Waals surface area contributed by atoms with Crippen LogP contribution in [0.4, 0.5) is 0 Å². The Labute approximate surface area is 195 Å². The second-order valence-corrected chi connectivity index (χ2v) is 8.26. The molecule has 7 heteroatoms. The van der Waals surface area contributed by atoms with E-state index in [1.807, 2.05) is 23.0 Å². The van der Waals surface area contributed by atoms with Crippen LogP contribution in [0.15, 0.2) is 65.9 Å². The third-order valence-corrected chi connectivity index (χ3v) is 5.96. The molecule has 0 amide bonds. The first kappa shape index (κ1) is 22.7. The number of aromatic nitrogens is 2. The largest absolute Gasteiger partial charge is 0.493 e. The second-order valence-electron chi connectivity index (χ2n) is 8.26. The van der Waals surface area contributed by atoms with Crippen LogP contribution < -0.4 is 20.1 Å². The Bertz CT molecular complexity index is 1040. The highest BCUT2D eigenvalue weighted by atomic mass is 16.5. The fraction of sp³-hybridized carbons (Fsp3) is 0.385. The van der Waals surface area contributed by atoms with Gasteiger partial charge in [0.05, 0.1) is 19.8 Å². The topological polar surface area (TPSA) is 72.7 Å². The lowest BCUT2D eigenvalue weighted by Gasteiger charge is -2.18. The number of nitrogens with zero attached hydrogens (tertiary/aromatic N) is 3. The van der Waals surface area contributed by atoms with Crippen molar-refractivity contribution >= 4 is 5.96 Å². The average Bonchev–Trinajstić information content (AvgIpc) is 3.55. The summed E-state index contributed by atoms with van der Waals surface area (Å²) in [6.45, 7) is 2.06. The van der Waals surface area contributed by atoms with Crippen molar-refractivity contribution < 1.29 is 9.47 Å². The Balaban J connectivity index is 1.34. The van der Waals surface area contributed by atoms with Gasteiger partial charge in [-0.3, -0.25) is 9.67 Å². The molecule has 0 spiro atoms. The first-order valence-corrected chi connectivity index (χ1v) is 11.6. The highest BCUT2D eigenvalue weighted by Crippen LogP contribution is 2.32. The van der Waals surface area contributed by atoms with E-state index in [0.29, 0.717) is 19.2 Å². The van der Waals surface area contributed by atoms with Gasteiger partial charge in [0, 0.05) is 32.5 Å². The zero-order chi connectivity index (χ0) is 22.9. The SMILES string of the molecule is CN=C(NCc1ccc(OC)c(OC2CCCC2)c1)NCc1ccccc1Cn1cccn1. The van der Waals surface area contributed by atoms with E-state index in [2.05, 4.69) is 57.1 Å². The molecule has 1 heterocycles.